The van der Waals surface area contributed by atoms with Crippen molar-refractivity contribution in [1.29, 1.82) is 0 Å². The van der Waals surface area contributed by atoms with E-state index in [1.807, 2.05) is 25.1 Å². The van der Waals surface area contributed by atoms with E-state index >= 15 is 0 Å². The maximum atomic E-state index is 13.8. The van der Waals surface area contributed by atoms with Gasteiger partial charge >= 0.3 is 0 Å². The van der Waals surface area contributed by atoms with E-state index in [0.29, 0.717) is 36.3 Å². The van der Waals surface area contributed by atoms with Gasteiger partial charge in [0.1, 0.15) is 12.4 Å². The van der Waals surface area contributed by atoms with Crippen molar-refractivity contribution in [2.75, 3.05) is 6.61 Å². The molecule has 1 N–H and O–H groups in total. The maximum absolute atomic E-state index is 13.8. The van der Waals surface area contributed by atoms with E-state index in [1.54, 1.807) is 18.2 Å². The average Bonchev–Trinajstić information content (AvgIpc) is 2.53. The van der Waals surface area contributed by atoms with Crippen LogP contribution in [0.1, 0.15) is 31.9 Å². The lowest BCUT2D eigenvalue weighted by molar-refractivity contribution is 0.262. The fourth-order valence-electron chi connectivity index (χ4n) is 2.21. The van der Waals surface area contributed by atoms with Crippen LogP contribution in [-0.4, -0.2) is 12.6 Å². The van der Waals surface area contributed by atoms with Gasteiger partial charge in [-0.25, -0.2) is 4.39 Å². The first-order valence-electron chi connectivity index (χ1n) is 7.96. The van der Waals surface area contributed by atoms with Crippen molar-refractivity contribution in [3.05, 3.63) is 59.4 Å². The summed E-state index contributed by atoms with van der Waals surface area (Å²) in [6, 6.07) is 12.8. The predicted molar refractivity (Wildman–Crippen MR) is 97.6 cm³/mol. The second-order valence-corrected chi connectivity index (χ2v) is 5.59. The predicted octanol–water partition coefficient (Wildman–Crippen LogP) is 4.72. The van der Waals surface area contributed by atoms with Crippen molar-refractivity contribution in [2.24, 2.45) is 0 Å². The topological polar surface area (TPSA) is 30.5 Å². The Hall–Kier alpha value is -1.78. The molecule has 2 aromatic carbocycles. The highest BCUT2D eigenvalue weighted by molar-refractivity contribution is 5.85. The van der Waals surface area contributed by atoms with E-state index in [-0.39, 0.29) is 24.8 Å². The molecule has 0 spiro atoms. The van der Waals surface area contributed by atoms with Crippen molar-refractivity contribution in [3.8, 4) is 11.5 Å². The van der Waals surface area contributed by atoms with Crippen LogP contribution in [0.15, 0.2) is 42.5 Å². The van der Waals surface area contributed by atoms with Gasteiger partial charge in [0.15, 0.2) is 11.5 Å². The average molecular weight is 354 g/mol. The Morgan fingerprint density at radius 3 is 2.38 bits per heavy atom. The number of ether oxygens (including phenoxy) is 2. The maximum Gasteiger partial charge on any atom is 0.166 e. The SMILES string of the molecule is CCOc1cccc(CNC(C)C)c1OCc1ccccc1F.Cl. The second kappa shape index (κ2) is 10.2. The van der Waals surface area contributed by atoms with Gasteiger partial charge < -0.3 is 14.8 Å². The van der Waals surface area contributed by atoms with Gasteiger partial charge in [0.2, 0.25) is 0 Å². The van der Waals surface area contributed by atoms with E-state index in [4.69, 9.17) is 9.47 Å². The van der Waals surface area contributed by atoms with Crippen molar-refractivity contribution in [2.45, 2.75) is 40.0 Å². The van der Waals surface area contributed by atoms with Crippen LogP contribution in [0.3, 0.4) is 0 Å². The Morgan fingerprint density at radius 1 is 1.00 bits per heavy atom. The fourth-order valence-corrected chi connectivity index (χ4v) is 2.21. The van der Waals surface area contributed by atoms with Crippen LogP contribution in [0.4, 0.5) is 4.39 Å². The van der Waals surface area contributed by atoms with Gasteiger partial charge in [0, 0.05) is 23.7 Å². The monoisotopic (exact) mass is 353 g/mol. The number of para-hydroxylation sites is 1. The molecule has 0 fully saturated rings. The summed E-state index contributed by atoms with van der Waals surface area (Å²) in [5.74, 6) is 1.10. The number of halogens is 2. The molecule has 0 aromatic heterocycles. The van der Waals surface area contributed by atoms with Gasteiger partial charge in [-0.05, 0) is 19.1 Å². The Morgan fingerprint density at radius 2 is 1.71 bits per heavy atom. The highest BCUT2D eigenvalue weighted by atomic mass is 35.5. The Labute approximate surface area is 149 Å². The number of rotatable bonds is 8. The third-order valence-electron chi connectivity index (χ3n) is 3.39. The molecule has 2 rings (SSSR count). The van der Waals surface area contributed by atoms with Crippen LogP contribution in [-0.2, 0) is 13.2 Å². The molecular formula is C19H25ClFNO2. The first-order chi connectivity index (χ1) is 11.1. The molecule has 5 heteroatoms. The zero-order valence-corrected chi connectivity index (χ0v) is 15.2. The van der Waals surface area contributed by atoms with Crippen LogP contribution in [0.2, 0.25) is 0 Å². The summed E-state index contributed by atoms with van der Waals surface area (Å²) < 4.78 is 25.3. The summed E-state index contributed by atoms with van der Waals surface area (Å²) >= 11 is 0. The van der Waals surface area contributed by atoms with Gasteiger partial charge in [-0.3, -0.25) is 0 Å². The summed E-state index contributed by atoms with van der Waals surface area (Å²) in [6.07, 6.45) is 0. The molecule has 24 heavy (non-hydrogen) atoms. The fraction of sp³-hybridized carbons (Fsp3) is 0.368. The van der Waals surface area contributed by atoms with E-state index in [9.17, 15) is 4.39 Å². The molecule has 0 heterocycles. The third kappa shape index (κ3) is 5.69. The lowest BCUT2D eigenvalue weighted by Gasteiger charge is -2.17. The van der Waals surface area contributed by atoms with Crippen molar-refractivity contribution in [1.82, 2.24) is 5.32 Å². The quantitative estimate of drug-likeness (QED) is 0.744. The van der Waals surface area contributed by atoms with Crippen LogP contribution in [0, 0.1) is 5.82 Å². The van der Waals surface area contributed by atoms with Crippen LogP contribution in [0.5, 0.6) is 11.5 Å². The van der Waals surface area contributed by atoms with Gasteiger partial charge in [-0.15, -0.1) is 12.4 Å². The summed E-state index contributed by atoms with van der Waals surface area (Å²) in [6.45, 7) is 7.51. The van der Waals surface area contributed by atoms with Gasteiger partial charge in [0.05, 0.1) is 6.61 Å². The molecule has 0 aliphatic heterocycles. The van der Waals surface area contributed by atoms with Crippen LogP contribution < -0.4 is 14.8 Å². The number of hydrogen-bond donors (Lipinski definition) is 1. The molecule has 132 valence electrons. The molecule has 3 nitrogen and oxygen atoms in total. The van der Waals surface area contributed by atoms with Crippen LogP contribution in [0.25, 0.3) is 0 Å². The van der Waals surface area contributed by atoms with E-state index in [2.05, 4.69) is 19.2 Å². The molecular weight excluding hydrogens is 329 g/mol. The minimum absolute atomic E-state index is 0. The van der Waals surface area contributed by atoms with Gasteiger partial charge in [-0.1, -0.05) is 44.2 Å². The Kier molecular flexibility index (Phi) is 8.58. The Balaban J connectivity index is 0.00000288. The van der Waals surface area contributed by atoms with E-state index < -0.39 is 0 Å². The number of benzene rings is 2. The zero-order valence-electron chi connectivity index (χ0n) is 14.3. The normalized spacial score (nSPS) is 10.4. The highest BCUT2D eigenvalue weighted by Gasteiger charge is 2.12. The molecule has 0 radical (unpaired) electrons. The molecule has 0 unspecified atom stereocenters. The van der Waals surface area contributed by atoms with Crippen molar-refractivity contribution >= 4 is 12.4 Å². The third-order valence-corrected chi connectivity index (χ3v) is 3.39. The molecule has 0 aliphatic rings. The van der Waals surface area contributed by atoms with E-state index in [0.717, 1.165) is 5.56 Å². The smallest absolute Gasteiger partial charge is 0.166 e. The lowest BCUT2D eigenvalue weighted by atomic mass is 10.1. The van der Waals surface area contributed by atoms with Crippen LogP contribution >= 0.6 is 12.4 Å². The largest absolute Gasteiger partial charge is 0.490 e. The number of hydrogen-bond acceptors (Lipinski definition) is 3. The minimum Gasteiger partial charge on any atom is -0.490 e. The van der Waals surface area contributed by atoms with Crippen molar-refractivity contribution < 1.29 is 13.9 Å². The minimum atomic E-state index is -0.261. The number of nitrogens with one attached hydrogen (secondary N) is 1. The first-order valence-corrected chi connectivity index (χ1v) is 7.96. The van der Waals surface area contributed by atoms with Crippen molar-refractivity contribution in [3.63, 3.8) is 0 Å². The molecule has 0 amide bonds. The molecule has 0 saturated carbocycles. The summed E-state index contributed by atoms with van der Waals surface area (Å²) in [4.78, 5) is 0. The zero-order chi connectivity index (χ0) is 16.7. The second-order valence-electron chi connectivity index (χ2n) is 5.59. The summed E-state index contributed by atoms with van der Waals surface area (Å²) in [7, 11) is 0. The lowest BCUT2D eigenvalue weighted by Crippen LogP contribution is -2.22. The molecule has 0 bridgehead atoms. The Bertz CT molecular complexity index is 635. The highest BCUT2D eigenvalue weighted by Crippen LogP contribution is 2.32. The van der Waals surface area contributed by atoms with Gasteiger partial charge in [0.25, 0.3) is 0 Å². The first kappa shape index (κ1) is 20.3. The van der Waals surface area contributed by atoms with Gasteiger partial charge in [-0.2, -0.15) is 0 Å². The molecule has 0 aliphatic carbocycles. The standard InChI is InChI=1S/C19H24FNO2.ClH/c1-4-22-18-11-7-9-15(12-21-14(2)3)19(18)23-13-16-8-5-6-10-17(16)20;/h5-11,14,21H,4,12-13H2,1-3H3;1H. The summed E-state index contributed by atoms with van der Waals surface area (Å²) in [5, 5.41) is 3.37. The van der Waals surface area contributed by atoms with E-state index in [1.165, 1.54) is 6.07 Å². The molecule has 0 atom stereocenters. The summed E-state index contributed by atoms with van der Waals surface area (Å²) in [5.41, 5.74) is 1.53. The molecule has 0 saturated heterocycles. The molecule has 2 aromatic rings.